The summed E-state index contributed by atoms with van der Waals surface area (Å²) < 4.78 is 5.31. The molecule has 2 rings (SSSR count). The van der Waals surface area contributed by atoms with Crippen molar-refractivity contribution in [3.63, 3.8) is 0 Å². The molecule has 108 valence electrons. The topological polar surface area (TPSA) is 100 Å². The molecule has 0 saturated carbocycles. The maximum Gasteiger partial charge on any atom is 0.263 e. The van der Waals surface area contributed by atoms with Gasteiger partial charge >= 0.3 is 0 Å². The minimum Gasteiger partial charge on any atom is -0.396 e. The Labute approximate surface area is 121 Å². The van der Waals surface area contributed by atoms with E-state index < -0.39 is 0 Å². The van der Waals surface area contributed by atoms with Gasteiger partial charge in [-0.25, -0.2) is 0 Å². The van der Waals surface area contributed by atoms with Gasteiger partial charge in [-0.05, 0) is 13.3 Å². The van der Waals surface area contributed by atoms with Gasteiger partial charge in [0, 0.05) is 25.6 Å². The monoisotopic (exact) mass is 294 g/mol. The second kappa shape index (κ2) is 6.59. The highest BCUT2D eigenvalue weighted by Crippen LogP contribution is 2.35. The predicted octanol–water partition coefficient (Wildman–Crippen LogP) is 1.40. The van der Waals surface area contributed by atoms with Crippen LogP contribution in [0.4, 0.5) is 10.7 Å². The smallest absolute Gasteiger partial charge is 0.263 e. The summed E-state index contributed by atoms with van der Waals surface area (Å²) in [5.74, 6) is 0.210. The largest absolute Gasteiger partial charge is 0.396 e. The normalized spacial score (nSPS) is 17.7. The maximum atomic E-state index is 11.9. The third kappa shape index (κ3) is 3.03. The lowest BCUT2D eigenvalue weighted by atomic mass is 10.1. The van der Waals surface area contributed by atoms with E-state index in [1.807, 2.05) is 6.92 Å². The van der Waals surface area contributed by atoms with Crippen LogP contribution in [-0.2, 0) is 4.74 Å². The van der Waals surface area contributed by atoms with Crippen molar-refractivity contribution < 1.29 is 9.53 Å². The quantitative estimate of drug-likeness (QED) is 0.762. The molecular formula is C13H18N4O2S. The maximum absolute atomic E-state index is 11.9. The highest BCUT2D eigenvalue weighted by molar-refractivity contribution is 7.18. The van der Waals surface area contributed by atoms with Crippen LogP contribution in [0.1, 0.15) is 28.6 Å². The Kier molecular flexibility index (Phi) is 4.82. The number of nitriles is 1. The van der Waals surface area contributed by atoms with Gasteiger partial charge in [-0.1, -0.05) is 0 Å². The summed E-state index contributed by atoms with van der Waals surface area (Å²) in [4.78, 5) is 12.3. The number of nitrogen functional groups attached to an aromatic ring is 1. The van der Waals surface area contributed by atoms with E-state index in [0.29, 0.717) is 27.9 Å². The lowest BCUT2D eigenvalue weighted by Gasteiger charge is -2.08. The Balaban J connectivity index is 2.13. The Morgan fingerprint density at radius 3 is 3.05 bits per heavy atom. The van der Waals surface area contributed by atoms with E-state index in [0.717, 1.165) is 26.2 Å². The number of hydrogen-bond acceptors (Lipinski definition) is 6. The average molecular weight is 294 g/mol. The average Bonchev–Trinajstić information content (AvgIpc) is 3.04. The lowest BCUT2D eigenvalue weighted by Crippen LogP contribution is -2.22. The molecule has 1 aromatic heterocycles. The Morgan fingerprint density at radius 2 is 2.45 bits per heavy atom. The summed E-state index contributed by atoms with van der Waals surface area (Å²) in [6.45, 7) is 4.61. The van der Waals surface area contributed by atoms with Gasteiger partial charge in [0.15, 0.2) is 0 Å². The second-order valence-electron chi connectivity index (χ2n) is 4.63. The Morgan fingerprint density at radius 1 is 1.65 bits per heavy atom. The van der Waals surface area contributed by atoms with Crippen LogP contribution < -0.4 is 16.4 Å². The number of thiophene rings is 1. The van der Waals surface area contributed by atoms with E-state index in [1.54, 1.807) is 0 Å². The molecule has 0 aromatic carbocycles. The molecule has 1 atom stereocenters. The number of nitrogens with one attached hydrogen (secondary N) is 2. The van der Waals surface area contributed by atoms with E-state index in [4.69, 9.17) is 10.5 Å². The predicted molar refractivity (Wildman–Crippen MR) is 78.9 cm³/mol. The van der Waals surface area contributed by atoms with Gasteiger partial charge in [0.2, 0.25) is 0 Å². The fourth-order valence-electron chi connectivity index (χ4n) is 2.07. The SMILES string of the molecule is CCNC(=O)c1sc(NCC2CCOC2)c(C#N)c1N. The molecule has 2 heterocycles. The first-order chi connectivity index (χ1) is 9.67. The molecule has 1 aromatic rings. The molecule has 0 radical (unpaired) electrons. The number of rotatable bonds is 5. The van der Waals surface area contributed by atoms with Crippen LogP contribution in [0.15, 0.2) is 0 Å². The minimum atomic E-state index is -0.233. The number of amides is 1. The second-order valence-corrected chi connectivity index (χ2v) is 5.65. The van der Waals surface area contributed by atoms with Crippen LogP contribution in [0.5, 0.6) is 0 Å². The minimum absolute atomic E-state index is 0.233. The van der Waals surface area contributed by atoms with E-state index >= 15 is 0 Å². The van der Waals surface area contributed by atoms with Crippen molar-refractivity contribution in [2.75, 3.05) is 37.4 Å². The van der Waals surface area contributed by atoms with Crippen molar-refractivity contribution in [3.8, 4) is 6.07 Å². The van der Waals surface area contributed by atoms with E-state index in [1.165, 1.54) is 11.3 Å². The van der Waals surface area contributed by atoms with E-state index in [9.17, 15) is 10.1 Å². The van der Waals surface area contributed by atoms with Crippen LogP contribution in [0.2, 0.25) is 0 Å². The van der Waals surface area contributed by atoms with Gasteiger partial charge in [-0.3, -0.25) is 4.79 Å². The van der Waals surface area contributed by atoms with Gasteiger partial charge in [0.25, 0.3) is 5.91 Å². The first-order valence-electron chi connectivity index (χ1n) is 6.59. The van der Waals surface area contributed by atoms with Crippen LogP contribution >= 0.6 is 11.3 Å². The number of nitrogens with zero attached hydrogens (tertiary/aromatic N) is 1. The number of ether oxygens (including phenoxy) is 1. The van der Waals surface area contributed by atoms with Crippen molar-refractivity contribution in [3.05, 3.63) is 10.4 Å². The van der Waals surface area contributed by atoms with Gasteiger partial charge in [0.1, 0.15) is 21.5 Å². The van der Waals surface area contributed by atoms with Gasteiger partial charge in [-0.15, -0.1) is 11.3 Å². The van der Waals surface area contributed by atoms with Gasteiger partial charge in [0.05, 0.1) is 12.3 Å². The molecule has 0 aliphatic carbocycles. The first-order valence-corrected chi connectivity index (χ1v) is 7.41. The Bertz CT molecular complexity index is 529. The standard InChI is InChI=1S/C13H18N4O2S/c1-2-16-12(18)11-10(15)9(5-14)13(20-11)17-6-8-3-4-19-7-8/h8,17H,2-4,6-7,15H2,1H3,(H,16,18). The number of anilines is 2. The molecule has 1 fully saturated rings. The Hall–Kier alpha value is -1.78. The van der Waals surface area contributed by atoms with Gasteiger partial charge in [-0.2, -0.15) is 5.26 Å². The molecule has 7 heteroatoms. The zero-order valence-electron chi connectivity index (χ0n) is 11.4. The highest BCUT2D eigenvalue weighted by Gasteiger charge is 2.22. The summed E-state index contributed by atoms with van der Waals surface area (Å²) in [7, 11) is 0. The molecule has 1 amide bonds. The molecule has 1 saturated heterocycles. The number of carbonyl (C=O) groups is 1. The van der Waals surface area contributed by atoms with Crippen LogP contribution in [0.25, 0.3) is 0 Å². The first kappa shape index (κ1) is 14.6. The fraction of sp³-hybridized carbons (Fsp3) is 0.538. The van der Waals surface area contributed by atoms with Crippen LogP contribution in [0, 0.1) is 17.2 Å². The summed E-state index contributed by atoms with van der Waals surface area (Å²) in [6, 6.07) is 2.07. The highest BCUT2D eigenvalue weighted by atomic mass is 32.1. The molecule has 4 N–H and O–H groups in total. The third-order valence-electron chi connectivity index (χ3n) is 3.18. The van der Waals surface area contributed by atoms with E-state index in [2.05, 4.69) is 16.7 Å². The molecule has 1 aliphatic heterocycles. The number of nitrogens with two attached hydrogens (primary N) is 1. The molecule has 0 spiro atoms. The van der Waals surface area contributed by atoms with Crippen molar-refractivity contribution in [2.24, 2.45) is 5.92 Å². The molecule has 20 heavy (non-hydrogen) atoms. The van der Waals surface area contributed by atoms with Gasteiger partial charge < -0.3 is 21.1 Å². The third-order valence-corrected chi connectivity index (χ3v) is 4.34. The molecular weight excluding hydrogens is 276 g/mol. The fourth-order valence-corrected chi connectivity index (χ4v) is 3.06. The van der Waals surface area contributed by atoms with Crippen LogP contribution in [-0.4, -0.2) is 32.2 Å². The zero-order valence-corrected chi connectivity index (χ0v) is 12.2. The van der Waals surface area contributed by atoms with Crippen molar-refractivity contribution in [1.29, 1.82) is 5.26 Å². The summed E-state index contributed by atoms with van der Waals surface area (Å²) in [6.07, 6.45) is 1.01. The number of carbonyl (C=O) groups excluding carboxylic acids is 1. The molecule has 0 bridgehead atoms. The molecule has 1 unspecified atom stereocenters. The summed E-state index contributed by atoms with van der Waals surface area (Å²) >= 11 is 1.23. The molecule has 1 aliphatic rings. The summed E-state index contributed by atoms with van der Waals surface area (Å²) in [5, 5.41) is 15.8. The lowest BCUT2D eigenvalue weighted by molar-refractivity contribution is 0.0960. The van der Waals surface area contributed by atoms with Crippen molar-refractivity contribution in [1.82, 2.24) is 5.32 Å². The van der Waals surface area contributed by atoms with Crippen molar-refractivity contribution in [2.45, 2.75) is 13.3 Å². The molecule has 6 nitrogen and oxygen atoms in total. The van der Waals surface area contributed by atoms with E-state index in [-0.39, 0.29) is 11.6 Å². The van der Waals surface area contributed by atoms with Crippen LogP contribution in [0.3, 0.4) is 0 Å². The summed E-state index contributed by atoms with van der Waals surface area (Å²) in [5.41, 5.74) is 6.51. The zero-order chi connectivity index (χ0) is 14.5. The van der Waals surface area contributed by atoms with Crippen molar-refractivity contribution >= 4 is 27.9 Å². The number of hydrogen-bond donors (Lipinski definition) is 3.